The second-order valence-electron chi connectivity index (χ2n) is 4.90. The predicted octanol–water partition coefficient (Wildman–Crippen LogP) is 2.87. The summed E-state index contributed by atoms with van der Waals surface area (Å²) in [6.45, 7) is 5.94. The maximum absolute atomic E-state index is 4.64. The number of rotatable bonds is 2. The van der Waals surface area contributed by atoms with Crippen LogP contribution in [-0.4, -0.2) is 36.1 Å². The first-order valence-electron chi connectivity index (χ1n) is 6.78. The summed E-state index contributed by atoms with van der Waals surface area (Å²) in [5.41, 5.74) is 1.04. The fourth-order valence-corrected chi connectivity index (χ4v) is 2.63. The van der Waals surface area contributed by atoms with Crippen molar-refractivity contribution in [1.29, 1.82) is 0 Å². The van der Waals surface area contributed by atoms with Crippen LogP contribution >= 0.6 is 15.9 Å². The Labute approximate surface area is 127 Å². The zero-order valence-corrected chi connectivity index (χ0v) is 13.0. The molecule has 2 aromatic heterocycles. The Hall–Kier alpha value is -1.62. The lowest BCUT2D eigenvalue weighted by molar-refractivity contribution is 0.641. The van der Waals surface area contributed by atoms with Gasteiger partial charge in [0.15, 0.2) is 0 Å². The molecule has 0 radical (unpaired) electrons. The molecule has 0 N–H and O–H groups in total. The second-order valence-corrected chi connectivity index (χ2v) is 5.75. The third kappa shape index (κ3) is 2.77. The van der Waals surface area contributed by atoms with Crippen molar-refractivity contribution in [3.63, 3.8) is 0 Å². The molecule has 4 nitrogen and oxygen atoms in total. The molecule has 0 aliphatic carbocycles. The van der Waals surface area contributed by atoms with E-state index in [4.69, 9.17) is 0 Å². The van der Waals surface area contributed by atoms with Crippen LogP contribution in [0, 0.1) is 6.92 Å². The van der Waals surface area contributed by atoms with Crippen molar-refractivity contribution in [2.75, 3.05) is 36.0 Å². The Morgan fingerprint density at radius 2 is 1.65 bits per heavy atom. The number of aryl methyl sites for hydroxylation is 1. The molecule has 20 heavy (non-hydrogen) atoms. The number of halogens is 1. The highest BCUT2D eigenvalue weighted by Crippen LogP contribution is 2.21. The smallest absolute Gasteiger partial charge is 0.128 e. The van der Waals surface area contributed by atoms with Crippen LogP contribution in [0.15, 0.2) is 41.0 Å². The molecule has 3 rings (SSSR count). The first-order valence-corrected chi connectivity index (χ1v) is 7.57. The molecule has 0 unspecified atom stereocenters. The van der Waals surface area contributed by atoms with Crippen LogP contribution in [0.2, 0.25) is 0 Å². The van der Waals surface area contributed by atoms with Crippen molar-refractivity contribution < 1.29 is 0 Å². The van der Waals surface area contributed by atoms with Crippen molar-refractivity contribution >= 4 is 27.6 Å². The van der Waals surface area contributed by atoms with Crippen LogP contribution in [-0.2, 0) is 0 Å². The summed E-state index contributed by atoms with van der Waals surface area (Å²) in [7, 11) is 0. The minimum absolute atomic E-state index is 0.977. The molecule has 1 aliphatic rings. The minimum atomic E-state index is 0.977. The first kappa shape index (κ1) is 13.4. The molecule has 2 aromatic rings. The number of nitrogens with zero attached hydrogens (tertiary/aromatic N) is 4. The Kier molecular flexibility index (Phi) is 3.87. The van der Waals surface area contributed by atoms with E-state index in [1.165, 1.54) is 0 Å². The van der Waals surface area contributed by atoms with E-state index >= 15 is 0 Å². The molecule has 0 saturated carbocycles. The molecule has 0 spiro atoms. The standard InChI is InChI=1S/C15H17BrN4/c1-12-13(16)5-6-15(18-12)20-10-8-19(9-11-20)14-4-2-3-7-17-14/h2-7H,8-11H2,1H3. The maximum Gasteiger partial charge on any atom is 0.128 e. The fourth-order valence-electron chi connectivity index (χ4n) is 2.41. The monoisotopic (exact) mass is 332 g/mol. The van der Waals surface area contributed by atoms with Crippen molar-refractivity contribution in [3.8, 4) is 0 Å². The molecule has 5 heteroatoms. The molecule has 1 saturated heterocycles. The van der Waals surface area contributed by atoms with Crippen LogP contribution in [0.4, 0.5) is 11.6 Å². The van der Waals surface area contributed by atoms with Gasteiger partial charge in [-0.2, -0.15) is 0 Å². The van der Waals surface area contributed by atoms with Gasteiger partial charge < -0.3 is 9.80 Å². The zero-order valence-electron chi connectivity index (χ0n) is 11.5. The molecular weight excluding hydrogens is 316 g/mol. The van der Waals surface area contributed by atoms with Crippen LogP contribution in [0.3, 0.4) is 0 Å². The van der Waals surface area contributed by atoms with Gasteiger partial charge in [-0.25, -0.2) is 9.97 Å². The molecule has 104 valence electrons. The number of anilines is 2. The summed E-state index contributed by atoms with van der Waals surface area (Å²) in [5.74, 6) is 2.12. The summed E-state index contributed by atoms with van der Waals surface area (Å²) < 4.78 is 1.06. The summed E-state index contributed by atoms with van der Waals surface area (Å²) >= 11 is 3.50. The van der Waals surface area contributed by atoms with Crippen LogP contribution in [0.5, 0.6) is 0 Å². The highest BCUT2D eigenvalue weighted by molar-refractivity contribution is 9.10. The van der Waals surface area contributed by atoms with E-state index in [1.54, 1.807) is 0 Å². The van der Waals surface area contributed by atoms with Crippen molar-refractivity contribution in [1.82, 2.24) is 9.97 Å². The van der Waals surface area contributed by atoms with Gasteiger partial charge in [0.1, 0.15) is 11.6 Å². The topological polar surface area (TPSA) is 32.3 Å². The Morgan fingerprint density at radius 3 is 2.25 bits per heavy atom. The van der Waals surface area contributed by atoms with E-state index in [-0.39, 0.29) is 0 Å². The van der Waals surface area contributed by atoms with Gasteiger partial charge in [-0.3, -0.25) is 0 Å². The summed E-state index contributed by atoms with van der Waals surface area (Å²) in [6, 6.07) is 10.2. The van der Waals surface area contributed by atoms with Crippen molar-refractivity contribution in [2.45, 2.75) is 6.92 Å². The maximum atomic E-state index is 4.64. The zero-order chi connectivity index (χ0) is 13.9. The second kappa shape index (κ2) is 5.79. The van der Waals surface area contributed by atoms with E-state index in [1.807, 2.05) is 25.3 Å². The van der Waals surface area contributed by atoms with Gasteiger partial charge >= 0.3 is 0 Å². The first-order chi connectivity index (χ1) is 9.74. The lowest BCUT2D eigenvalue weighted by atomic mass is 10.3. The number of hydrogen-bond acceptors (Lipinski definition) is 4. The molecule has 1 aliphatic heterocycles. The SMILES string of the molecule is Cc1nc(N2CCN(c3ccccn3)CC2)ccc1Br. The highest BCUT2D eigenvalue weighted by atomic mass is 79.9. The van der Waals surface area contributed by atoms with E-state index in [0.29, 0.717) is 0 Å². The lowest BCUT2D eigenvalue weighted by Gasteiger charge is -2.36. The Bertz CT molecular complexity index is 580. The average molecular weight is 333 g/mol. The number of hydrogen-bond donors (Lipinski definition) is 0. The molecule has 3 heterocycles. The molecule has 1 fully saturated rings. The van der Waals surface area contributed by atoms with Gasteiger partial charge in [0, 0.05) is 36.8 Å². The predicted molar refractivity (Wildman–Crippen MR) is 85.3 cm³/mol. The van der Waals surface area contributed by atoms with Gasteiger partial charge in [0.2, 0.25) is 0 Å². The van der Waals surface area contributed by atoms with Crippen molar-refractivity contribution in [3.05, 3.63) is 46.7 Å². The highest BCUT2D eigenvalue weighted by Gasteiger charge is 2.19. The fraction of sp³-hybridized carbons (Fsp3) is 0.333. The molecule has 0 bridgehead atoms. The molecular formula is C15H17BrN4. The van der Waals surface area contributed by atoms with E-state index in [9.17, 15) is 0 Å². The quantitative estimate of drug-likeness (QED) is 0.846. The average Bonchev–Trinajstić information content (AvgIpc) is 2.51. The summed E-state index contributed by atoms with van der Waals surface area (Å²) in [4.78, 5) is 13.7. The van der Waals surface area contributed by atoms with E-state index < -0.39 is 0 Å². The van der Waals surface area contributed by atoms with E-state index in [0.717, 1.165) is 48.0 Å². The van der Waals surface area contributed by atoms with E-state index in [2.05, 4.69) is 53.9 Å². The van der Waals surface area contributed by atoms with Gasteiger partial charge in [-0.15, -0.1) is 0 Å². The third-order valence-corrected chi connectivity index (χ3v) is 4.42. The van der Waals surface area contributed by atoms with Gasteiger partial charge in [0.05, 0.1) is 5.69 Å². The van der Waals surface area contributed by atoms with Crippen LogP contribution in [0.25, 0.3) is 0 Å². The molecule has 0 amide bonds. The lowest BCUT2D eigenvalue weighted by Crippen LogP contribution is -2.47. The molecule has 0 aromatic carbocycles. The van der Waals surface area contributed by atoms with Gasteiger partial charge in [-0.05, 0) is 47.1 Å². The summed E-state index contributed by atoms with van der Waals surface area (Å²) in [5, 5.41) is 0. The third-order valence-electron chi connectivity index (χ3n) is 3.58. The molecule has 0 atom stereocenters. The Morgan fingerprint density at radius 1 is 0.950 bits per heavy atom. The van der Waals surface area contributed by atoms with Crippen molar-refractivity contribution in [2.24, 2.45) is 0 Å². The number of piperazine rings is 1. The van der Waals surface area contributed by atoms with Gasteiger partial charge in [0.25, 0.3) is 0 Å². The van der Waals surface area contributed by atoms with Crippen LogP contribution < -0.4 is 9.80 Å². The summed E-state index contributed by atoms with van der Waals surface area (Å²) in [6.07, 6.45) is 1.85. The minimum Gasteiger partial charge on any atom is -0.353 e. The Balaban J connectivity index is 1.68. The number of pyridine rings is 2. The number of aromatic nitrogens is 2. The largest absolute Gasteiger partial charge is 0.353 e. The van der Waals surface area contributed by atoms with Gasteiger partial charge in [-0.1, -0.05) is 6.07 Å². The normalized spacial score (nSPS) is 15.5. The van der Waals surface area contributed by atoms with Crippen LogP contribution in [0.1, 0.15) is 5.69 Å².